The number of aliphatic hydroxyl groups is 5. The Morgan fingerprint density at radius 2 is 1.78 bits per heavy atom. The van der Waals surface area contributed by atoms with Gasteiger partial charge in [-0.3, -0.25) is 9.59 Å². The molecule has 1 fully saturated rings. The van der Waals surface area contributed by atoms with E-state index >= 15 is 0 Å². The van der Waals surface area contributed by atoms with Crippen LogP contribution in [-0.4, -0.2) is 65.6 Å². The summed E-state index contributed by atoms with van der Waals surface area (Å²) in [6.07, 6.45) is -6.02. The first-order valence-corrected chi connectivity index (χ1v) is 8.69. The zero-order valence-electron chi connectivity index (χ0n) is 14.5. The number of aliphatic hydroxyl groups excluding tert-OH is 3. The zero-order valence-corrected chi connectivity index (χ0v) is 14.5. The second kappa shape index (κ2) is 5.46. The van der Waals surface area contributed by atoms with Crippen molar-refractivity contribution in [3.8, 4) is 5.75 Å². The van der Waals surface area contributed by atoms with Crippen LogP contribution >= 0.6 is 0 Å². The van der Waals surface area contributed by atoms with Crippen molar-refractivity contribution >= 4 is 11.6 Å². The van der Waals surface area contributed by atoms with Crippen molar-refractivity contribution < 1.29 is 40.2 Å². The van der Waals surface area contributed by atoms with Crippen molar-refractivity contribution in [2.45, 2.75) is 49.3 Å². The number of Topliss-reactive ketones (excluding diaryl/α,β-unsaturated/α-hetero) is 2. The molecule has 1 aromatic rings. The molecule has 0 heterocycles. The highest BCUT2D eigenvalue weighted by Crippen LogP contribution is 2.55. The van der Waals surface area contributed by atoms with Gasteiger partial charge in [0.15, 0.2) is 17.2 Å². The van der Waals surface area contributed by atoms with Gasteiger partial charge in [-0.1, -0.05) is 19.1 Å². The third-order valence-corrected chi connectivity index (χ3v) is 6.10. The van der Waals surface area contributed by atoms with Crippen LogP contribution < -0.4 is 0 Å². The lowest BCUT2D eigenvalue weighted by Crippen LogP contribution is -2.75. The number of phenolic OH excluding ortho intramolecular Hbond substituents is 1. The molecular weight excluding hydrogens is 356 g/mol. The summed E-state index contributed by atoms with van der Waals surface area (Å²) in [7, 11) is 0. The summed E-state index contributed by atoms with van der Waals surface area (Å²) in [5.41, 5.74) is -6.68. The number of phenols is 1. The molecule has 1 aromatic carbocycles. The molecule has 8 nitrogen and oxygen atoms in total. The quantitative estimate of drug-likeness (QED) is 0.341. The molecule has 6 unspecified atom stereocenters. The number of hydrogen-bond donors (Lipinski definition) is 6. The molecule has 0 saturated heterocycles. The highest BCUT2D eigenvalue weighted by Gasteiger charge is 2.70. The molecule has 6 atom stereocenters. The van der Waals surface area contributed by atoms with Gasteiger partial charge in [0.1, 0.15) is 29.7 Å². The third kappa shape index (κ3) is 1.99. The van der Waals surface area contributed by atoms with Crippen molar-refractivity contribution in [3.63, 3.8) is 0 Å². The molecule has 1 saturated carbocycles. The van der Waals surface area contributed by atoms with E-state index in [1.54, 1.807) is 6.92 Å². The molecule has 144 valence electrons. The second-order valence-electron chi connectivity index (χ2n) is 7.76. The largest absolute Gasteiger partial charge is 0.508 e. The lowest BCUT2D eigenvalue weighted by molar-refractivity contribution is -0.229. The van der Waals surface area contributed by atoms with E-state index in [2.05, 4.69) is 0 Å². The van der Waals surface area contributed by atoms with Crippen LogP contribution in [0.25, 0.3) is 0 Å². The van der Waals surface area contributed by atoms with Gasteiger partial charge < -0.3 is 30.6 Å². The van der Waals surface area contributed by atoms with Crippen LogP contribution in [0.3, 0.4) is 0 Å². The van der Waals surface area contributed by atoms with Crippen LogP contribution in [0.15, 0.2) is 29.3 Å². The number of benzene rings is 1. The van der Waals surface area contributed by atoms with Gasteiger partial charge in [-0.05, 0) is 18.4 Å². The van der Waals surface area contributed by atoms with E-state index in [4.69, 9.17) is 0 Å². The predicted molar refractivity (Wildman–Crippen MR) is 89.7 cm³/mol. The highest BCUT2D eigenvalue weighted by molar-refractivity contribution is 6.18. The summed E-state index contributed by atoms with van der Waals surface area (Å²) in [6.45, 7) is 1.64. The van der Waals surface area contributed by atoms with Crippen LogP contribution in [0.4, 0.5) is 0 Å². The zero-order chi connectivity index (χ0) is 19.9. The van der Waals surface area contributed by atoms with E-state index in [0.29, 0.717) is 0 Å². The fraction of sp³-hybridized carbons (Fsp3) is 0.474. The summed E-state index contributed by atoms with van der Waals surface area (Å²) < 4.78 is 0. The maximum atomic E-state index is 13.1. The number of carbonyl (C=O) groups is 2. The Morgan fingerprint density at radius 3 is 2.44 bits per heavy atom. The van der Waals surface area contributed by atoms with Gasteiger partial charge in [0.2, 0.25) is 0 Å². The van der Waals surface area contributed by atoms with E-state index in [0.717, 1.165) is 0 Å². The van der Waals surface area contributed by atoms with Crippen LogP contribution in [0.1, 0.15) is 41.8 Å². The second-order valence-corrected chi connectivity index (χ2v) is 7.76. The minimum absolute atomic E-state index is 0.144. The van der Waals surface area contributed by atoms with Gasteiger partial charge in [0, 0.05) is 28.7 Å². The van der Waals surface area contributed by atoms with Gasteiger partial charge in [0.25, 0.3) is 0 Å². The smallest absolute Gasteiger partial charge is 0.193 e. The Kier molecular flexibility index (Phi) is 3.70. The number of carbonyl (C=O) groups excluding carboxylic acids is 2. The summed E-state index contributed by atoms with van der Waals surface area (Å²) >= 11 is 0. The van der Waals surface area contributed by atoms with Crippen molar-refractivity contribution in [3.05, 3.63) is 40.5 Å². The summed E-state index contributed by atoms with van der Waals surface area (Å²) in [6, 6.07) is 3.91. The Balaban J connectivity index is 2.05. The number of fused-ring (bicyclic) bond motifs is 3. The maximum Gasteiger partial charge on any atom is 0.193 e. The lowest BCUT2D eigenvalue weighted by Gasteiger charge is -2.56. The van der Waals surface area contributed by atoms with Crippen LogP contribution in [-0.2, 0) is 4.79 Å². The van der Waals surface area contributed by atoms with Gasteiger partial charge in [0.05, 0.1) is 0 Å². The Hall–Kier alpha value is -2.10. The lowest BCUT2D eigenvalue weighted by atomic mass is 9.54. The number of hydrogen-bond acceptors (Lipinski definition) is 8. The summed E-state index contributed by atoms with van der Waals surface area (Å²) in [5.74, 6) is -2.56. The van der Waals surface area contributed by atoms with E-state index in [9.17, 15) is 40.2 Å². The molecule has 0 amide bonds. The third-order valence-electron chi connectivity index (χ3n) is 6.10. The van der Waals surface area contributed by atoms with Gasteiger partial charge in [-0.2, -0.15) is 0 Å². The Labute approximate surface area is 154 Å². The minimum atomic E-state index is -2.77. The predicted octanol–water partition coefficient (Wildman–Crippen LogP) is -0.885. The monoisotopic (exact) mass is 376 g/mol. The number of ketones is 2. The first kappa shape index (κ1) is 18.3. The van der Waals surface area contributed by atoms with E-state index < -0.39 is 63.9 Å². The molecule has 4 rings (SSSR count). The van der Waals surface area contributed by atoms with Crippen LogP contribution in [0.5, 0.6) is 5.75 Å². The highest BCUT2D eigenvalue weighted by atomic mass is 16.4. The molecule has 3 aliphatic rings. The average Bonchev–Trinajstić information content (AvgIpc) is 2.60. The first-order chi connectivity index (χ1) is 12.6. The van der Waals surface area contributed by atoms with Gasteiger partial charge >= 0.3 is 0 Å². The van der Waals surface area contributed by atoms with E-state index in [1.165, 1.54) is 18.2 Å². The van der Waals surface area contributed by atoms with Crippen molar-refractivity contribution in [2.24, 2.45) is 5.92 Å². The summed E-state index contributed by atoms with van der Waals surface area (Å²) in [5, 5.41) is 64.3. The number of aromatic hydroxyl groups is 1. The normalized spacial score (nSPS) is 41.1. The SMILES string of the molecule is CC1CC(=O)C2(O)C3=C(C(O)c4c(O)cccc4C3=O)C(O)C(O)C2(O)C1. The average molecular weight is 376 g/mol. The van der Waals surface area contributed by atoms with Crippen molar-refractivity contribution in [1.29, 1.82) is 0 Å². The molecule has 0 radical (unpaired) electrons. The molecule has 8 heteroatoms. The fourth-order valence-electron chi connectivity index (χ4n) is 4.86. The summed E-state index contributed by atoms with van der Waals surface area (Å²) in [4.78, 5) is 25.9. The standard InChI is InChI=1S/C19H20O8/c1-7-5-10(21)19(27)13-12(16(24)17(25)18(19,26)6-7)15(23)11-8(14(13)22)3-2-4-9(11)20/h2-4,7,15-17,20,23-27H,5-6H2,1H3. The van der Waals surface area contributed by atoms with Crippen molar-refractivity contribution in [1.82, 2.24) is 0 Å². The number of rotatable bonds is 0. The molecule has 0 spiro atoms. The molecular formula is C19H20O8. The van der Waals surface area contributed by atoms with Gasteiger partial charge in [-0.25, -0.2) is 0 Å². The van der Waals surface area contributed by atoms with Crippen LogP contribution in [0, 0.1) is 5.92 Å². The van der Waals surface area contributed by atoms with E-state index in [1.807, 2.05) is 0 Å². The fourth-order valence-corrected chi connectivity index (χ4v) is 4.86. The van der Waals surface area contributed by atoms with Crippen LogP contribution in [0.2, 0.25) is 0 Å². The molecule has 0 aliphatic heterocycles. The Morgan fingerprint density at radius 1 is 1.11 bits per heavy atom. The Bertz CT molecular complexity index is 905. The topological polar surface area (TPSA) is 156 Å². The molecule has 27 heavy (non-hydrogen) atoms. The molecule has 0 aromatic heterocycles. The van der Waals surface area contributed by atoms with Gasteiger partial charge in [-0.15, -0.1) is 0 Å². The molecule has 0 bridgehead atoms. The molecule has 3 aliphatic carbocycles. The maximum absolute atomic E-state index is 13.1. The first-order valence-electron chi connectivity index (χ1n) is 8.69. The van der Waals surface area contributed by atoms with Crippen molar-refractivity contribution in [2.75, 3.05) is 0 Å². The van der Waals surface area contributed by atoms with E-state index in [-0.39, 0.29) is 24.0 Å². The minimum Gasteiger partial charge on any atom is -0.508 e. The molecule has 6 N–H and O–H groups in total.